The van der Waals surface area contributed by atoms with Gasteiger partial charge in [-0.25, -0.2) is 41.7 Å². The van der Waals surface area contributed by atoms with Gasteiger partial charge in [-0.15, -0.1) is 6.54 Å². The van der Waals surface area contributed by atoms with E-state index >= 15 is 0 Å². The van der Waals surface area contributed by atoms with Gasteiger partial charge in [-0.3, -0.25) is 4.98 Å². The molecule has 0 aliphatic carbocycles. The molecule has 0 spiro atoms. The van der Waals surface area contributed by atoms with Crippen molar-refractivity contribution in [2.45, 2.75) is 0 Å². The predicted octanol–water partition coefficient (Wildman–Crippen LogP) is -1.11. The van der Waals surface area contributed by atoms with E-state index in [2.05, 4.69) is 16.4 Å². The molecule has 1 aromatic heterocycles. The number of hydrogen-bond acceptors (Lipinski definition) is 5. The Balaban J connectivity index is -0.0000000705. The van der Waals surface area contributed by atoms with Crippen molar-refractivity contribution >= 4 is 5.57 Å². The van der Waals surface area contributed by atoms with Gasteiger partial charge in [0.2, 0.25) is 0 Å². The molecule has 0 saturated heterocycles. The van der Waals surface area contributed by atoms with E-state index < -0.39 is 20.3 Å². The van der Waals surface area contributed by atoms with Crippen LogP contribution in [-0.4, -0.2) is 84.5 Å². The fourth-order valence-electron chi connectivity index (χ4n) is 1.17. The molecule has 0 bridgehead atoms. The number of pyridine rings is 1. The monoisotopic (exact) mass is 591 g/mol. The van der Waals surface area contributed by atoms with Crippen LogP contribution in [0, 0.1) is 60.5 Å². The summed E-state index contributed by atoms with van der Waals surface area (Å²) in [5.74, 6) is 0. The molecule has 21 heteroatoms. The number of rotatable bonds is 1. The molecule has 2 rings (SSSR count). The molecule has 1 aliphatic rings. The normalized spacial score (nSPS) is 8.97. The quantitative estimate of drug-likeness (QED) is 0.179. The zero-order chi connectivity index (χ0) is 22.5. The maximum Gasteiger partial charge on any atom is 0.472 e. The van der Waals surface area contributed by atoms with E-state index in [4.69, 9.17) is 61.3 Å². The van der Waals surface area contributed by atoms with Crippen LogP contribution in [0.15, 0.2) is 42.9 Å². The summed E-state index contributed by atoms with van der Waals surface area (Å²) in [6, 6.07) is 4.00. The molecule has 20 nitrogen and oxygen atoms in total. The third-order valence-corrected chi connectivity index (χ3v) is 1.79. The summed E-state index contributed by atoms with van der Waals surface area (Å²) in [4.78, 5) is 37.9. The smallest absolute Gasteiger partial charge is 0.472 e. The summed E-state index contributed by atoms with van der Waals surface area (Å²) >= 11 is 0. The van der Waals surface area contributed by atoms with Gasteiger partial charge in [-0.05, 0) is 23.3 Å². The predicted molar refractivity (Wildman–Crippen MR) is 85.6 cm³/mol. The number of hydrogen-bond donors (Lipinski definition) is 8. The number of aromatic nitrogens is 1. The van der Waals surface area contributed by atoms with Crippen molar-refractivity contribution in [3.8, 4) is 0 Å². The third kappa shape index (κ3) is 58.4. The Kier molecular flexibility index (Phi) is 38.7. The molecule has 0 fully saturated rings. The molecule has 0 aromatic carbocycles. The van der Waals surface area contributed by atoms with Gasteiger partial charge in [-0.2, -0.15) is 6.20 Å². The van der Waals surface area contributed by atoms with E-state index in [1.807, 2.05) is 24.4 Å². The van der Waals surface area contributed by atoms with E-state index in [-0.39, 0.29) is 51.8 Å². The first-order valence-corrected chi connectivity index (χ1v) is 6.23. The topological polar surface area (TPSA) is 332 Å². The largest absolute Gasteiger partial charge is 0.687 e. The van der Waals surface area contributed by atoms with Gasteiger partial charge in [0.25, 0.3) is 0 Å². The van der Waals surface area contributed by atoms with Gasteiger partial charge in [0.1, 0.15) is 19.6 Å². The maximum atomic E-state index is 8.47. The van der Waals surface area contributed by atoms with Gasteiger partial charge in [0.15, 0.2) is 0 Å². The fourth-order valence-corrected chi connectivity index (χ4v) is 1.17. The molecule has 0 radical (unpaired) electrons. The van der Waals surface area contributed by atoms with Crippen molar-refractivity contribution in [2.24, 2.45) is 0 Å². The Bertz CT molecular complexity index is 609. The Labute approximate surface area is 203 Å². The minimum absolute atomic E-state index is 0. The Morgan fingerprint density at radius 3 is 1.32 bits per heavy atom. The SMILES string of the molecule is C1=CC(c2ccncc2)=CC[N-]1.O.O.O=[N+](O)O.O=[N+](O)O.O=[N+](O)O.O=[N+](O)O.[Nd]. The molecule has 176 valence electrons. The Hall–Kier alpha value is -3.50. The van der Waals surface area contributed by atoms with Crippen LogP contribution >= 0.6 is 0 Å². The number of allylic oxidation sites excluding steroid dienone is 2. The summed E-state index contributed by atoms with van der Waals surface area (Å²) in [5.41, 5.74) is 2.43. The summed E-state index contributed by atoms with van der Waals surface area (Å²) in [5, 5.41) is 54.2. The molecule has 31 heavy (non-hydrogen) atoms. The van der Waals surface area contributed by atoms with Crippen molar-refractivity contribution in [2.75, 3.05) is 6.54 Å². The van der Waals surface area contributed by atoms with Crippen molar-refractivity contribution in [1.29, 1.82) is 0 Å². The molecule has 0 atom stereocenters. The molecule has 1 aromatic rings. The van der Waals surface area contributed by atoms with Gasteiger partial charge < -0.3 is 16.3 Å². The molecule has 0 unspecified atom stereocenters. The summed E-state index contributed by atoms with van der Waals surface area (Å²) in [6.07, 6.45) is 9.56. The molecular formula is C10H21N6NdO14+3. The minimum atomic E-state index is -1.25. The first-order chi connectivity index (χ1) is 12.9. The van der Waals surface area contributed by atoms with Crippen LogP contribution in [0.4, 0.5) is 0 Å². The average Bonchev–Trinajstić information content (AvgIpc) is 2.54. The molecule has 2 heterocycles. The molecule has 1 aliphatic heterocycles. The molecular weight excluding hydrogens is 572 g/mol. The summed E-state index contributed by atoms with van der Waals surface area (Å²) in [7, 11) is 0. The van der Waals surface area contributed by atoms with Crippen molar-refractivity contribution in [3.05, 3.63) is 73.4 Å². The van der Waals surface area contributed by atoms with Crippen LogP contribution in [-0.2, 0) is 0 Å². The van der Waals surface area contributed by atoms with Gasteiger partial charge in [-0.1, -0.05) is 12.2 Å². The maximum absolute atomic E-state index is 8.47. The van der Waals surface area contributed by atoms with Gasteiger partial charge in [0.05, 0.1) is 0 Å². The van der Waals surface area contributed by atoms with E-state index in [1.165, 1.54) is 11.1 Å². The zero-order valence-corrected chi connectivity index (χ0v) is 18.4. The second kappa shape index (κ2) is 28.7. The van der Waals surface area contributed by atoms with Crippen LogP contribution < -0.4 is 0 Å². The fraction of sp³-hybridized carbons (Fsp3) is 0.100. The first-order valence-electron chi connectivity index (χ1n) is 6.23. The van der Waals surface area contributed by atoms with Crippen LogP contribution in [0.3, 0.4) is 0 Å². The van der Waals surface area contributed by atoms with E-state index in [9.17, 15) is 0 Å². The summed E-state index contributed by atoms with van der Waals surface area (Å²) < 4.78 is 0. The molecule has 0 amide bonds. The van der Waals surface area contributed by atoms with Gasteiger partial charge in [0, 0.05) is 53.2 Å². The van der Waals surface area contributed by atoms with Crippen molar-refractivity contribution in [3.63, 3.8) is 0 Å². The van der Waals surface area contributed by atoms with Crippen LogP contribution in [0.2, 0.25) is 0 Å². The van der Waals surface area contributed by atoms with E-state index in [0.717, 1.165) is 6.54 Å². The standard InChI is InChI=1S/C10H9N2.4H2NO3.Nd.2H2O/c1-5-11-6-2-9(1)10-3-7-12-8-4-10;4*2-1(3)4;;;/h1-7H,8H2;4*(H2,2,3,4);;2*1H2/q-1;4*+1;;;. The zero-order valence-electron chi connectivity index (χ0n) is 15.1. The number of nitrogens with zero attached hydrogens (tertiary/aromatic N) is 6. The minimum Gasteiger partial charge on any atom is -0.687 e. The van der Waals surface area contributed by atoms with Crippen LogP contribution in [0.1, 0.15) is 5.56 Å². The Morgan fingerprint density at radius 2 is 1.06 bits per heavy atom. The first kappa shape index (κ1) is 41.8. The third-order valence-electron chi connectivity index (χ3n) is 1.79. The van der Waals surface area contributed by atoms with Crippen LogP contribution in [0.25, 0.3) is 10.9 Å². The Morgan fingerprint density at radius 1 is 0.742 bits per heavy atom. The van der Waals surface area contributed by atoms with Gasteiger partial charge >= 0.3 is 20.3 Å². The van der Waals surface area contributed by atoms with E-state index in [0.29, 0.717) is 0 Å². The summed E-state index contributed by atoms with van der Waals surface area (Å²) in [6.45, 7) is 0.786. The second-order valence-electron chi connectivity index (χ2n) is 3.59. The van der Waals surface area contributed by atoms with Crippen molar-refractivity contribution in [1.82, 2.24) is 4.98 Å². The van der Waals surface area contributed by atoms with Crippen LogP contribution in [0.5, 0.6) is 0 Å². The van der Waals surface area contributed by atoms with Crippen molar-refractivity contribution < 1.29 is 114 Å². The van der Waals surface area contributed by atoms with E-state index in [1.54, 1.807) is 12.4 Å². The average molecular weight is 594 g/mol. The molecule has 0 saturated carbocycles. The second-order valence-corrected chi connectivity index (χ2v) is 3.59. The molecule has 12 N–H and O–H groups in total.